The van der Waals surface area contributed by atoms with Crippen molar-refractivity contribution in [2.24, 2.45) is 11.8 Å². The molecule has 1 saturated heterocycles. The normalized spacial score (nSPS) is 22.9. The summed E-state index contributed by atoms with van der Waals surface area (Å²) in [5, 5.41) is 8.28. The maximum Gasteiger partial charge on any atom is 0.553 e. The van der Waals surface area contributed by atoms with Crippen LogP contribution in [-0.2, 0) is 33.2 Å². The van der Waals surface area contributed by atoms with Gasteiger partial charge in [0.1, 0.15) is 18.8 Å². The van der Waals surface area contributed by atoms with Crippen LogP contribution in [0.2, 0.25) is 0 Å². The molecule has 0 aromatic rings. The lowest BCUT2D eigenvalue weighted by Gasteiger charge is -2.47. The number of halogens is 1. The van der Waals surface area contributed by atoms with E-state index in [1.54, 1.807) is 7.11 Å². The molecule has 13 nitrogen and oxygen atoms in total. The molecule has 0 aromatic heterocycles. The molecule has 15 heteroatoms. The van der Waals surface area contributed by atoms with Crippen molar-refractivity contribution in [2.45, 2.75) is 110 Å². The molecule has 2 rings (SSSR count). The summed E-state index contributed by atoms with van der Waals surface area (Å²) in [5.41, 5.74) is 2.38. The van der Waals surface area contributed by atoms with Gasteiger partial charge in [-0.15, -0.1) is 0 Å². The molecule has 3 unspecified atom stereocenters. The van der Waals surface area contributed by atoms with Crippen LogP contribution < -0.4 is 21.4 Å². The summed E-state index contributed by atoms with van der Waals surface area (Å²) in [6, 6.07) is -0.451. The number of allylic oxidation sites excluding steroid dienone is 1. The van der Waals surface area contributed by atoms with Crippen molar-refractivity contribution in [1.29, 1.82) is 0 Å². The van der Waals surface area contributed by atoms with Gasteiger partial charge in [-0.25, -0.2) is 15.1 Å². The van der Waals surface area contributed by atoms with E-state index in [1.807, 2.05) is 47.6 Å². The molecule has 2 fully saturated rings. The van der Waals surface area contributed by atoms with Crippen LogP contribution in [0.3, 0.4) is 0 Å². The summed E-state index contributed by atoms with van der Waals surface area (Å²) in [5.74, 6) is -0.460. The number of amides is 3. The fourth-order valence-corrected chi connectivity index (χ4v) is 5.76. The molecule has 4 N–H and O–H groups in total. The third-order valence-corrected chi connectivity index (χ3v) is 8.41. The smallest absolute Gasteiger partial charge is 0.447 e. The van der Waals surface area contributed by atoms with Crippen molar-refractivity contribution in [2.75, 3.05) is 46.6 Å². The number of carbonyl (C=O) groups is 3. The standard InChI is InChI=1S/C31H55BFN4O9/c1-21(2)13-17-43-30(5,6)27-26(41-7)24(12-14-31(27)20-44-31)45-29(40)37-23(22(3)4)19-42-28(39)35-16-11-9-8-10-15-34-25(38)18-36-46-32-33/h13,22-24,26-27,36H,8-12,14-20H2,1-7H3,(H,34,38)(H,35,39)(H,37,40)/t23-,24?,26?,27?,31-/m0/s1. The van der Waals surface area contributed by atoms with Gasteiger partial charge < -0.3 is 44.4 Å². The lowest BCUT2D eigenvalue weighted by atomic mass is 9.68. The van der Waals surface area contributed by atoms with Crippen molar-refractivity contribution in [3.63, 3.8) is 0 Å². The molecule has 1 aliphatic carbocycles. The average molecular weight is 658 g/mol. The summed E-state index contributed by atoms with van der Waals surface area (Å²) in [7, 11) is 1.58. The average Bonchev–Trinajstić information content (AvgIpc) is 3.76. The van der Waals surface area contributed by atoms with E-state index in [4.69, 9.17) is 23.7 Å². The van der Waals surface area contributed by atoms with Gasteiger partial charge in [0.15, 0.2) is 0 Å². The van der Waals surface area contributed by atoms with Crippen molar-refractivity contribution >= 4 is 25.9 Å². The van der Waals surface area contributed by atoms with Crippen LogP contribution in [-0.4, -0.2) is 102 Å². The number of nitrogens with one attached hydrogen (secondary N) is 4. The third-order valence-electron chi connectivity index (χ3n) is 8.41. The van der Waals surface area contributed by atoms with E-state index in [-0.39, 0.29) is 44.3 Å². The Hall–Kier alpha value is -2.46. The van der Waals surface area contributed by atoms with Gasteiger partial charge in [0.2, 0.25) is 5.91 Å². The number of carbonyl (C=O) groups excluding carboxylic acids is 3. The highest BCUT2D eigenvalue weighted by atomic mass is 19.1. The van der Waals surface area contributed by atoms with Gasteiger partial charge >= 0.3 is 19.9 Å². The molecule has 46 heavy (non-hydrogen) atoms. The Balaban J connectivity index is 1.74. The minimum absolute atomic E-state index is 0.00919. The van der Waals surface area contributed by atoms with E-state index in [9.17, 15) is 18.7 Å². The maximum atomic E-state index is 13.1. The van der Waals surface area contributed by atoms with E-state index in [2.05, 4.69) is 26.2 Å². The van der Waals surface area contributed by atoms with E-state index >= 15 is 0 Å². The highest BCUT2D eigenvalue weighted by Gasteiger charge is 2.64. The first kappa shape index (κ1) is 39.7. The molecule has 0 aromatic carbocycles. The minimum Gasteiger partial charge on any atom is -0.447 e. The molecule has 0 bridgehead atoms. The molecular weight excluding hydrogens is 602 g/mol. The molecule has 263 valence electrons. The van der Waals surface area contributed by atoms with Crippen molar-refractivity contribution < 1.29 is 47.1 Å². The van der Waals surface area contributed by atoms with Crippen LogP contribution >= 0.6 is 0 Å². The Morgan fingerprint density at radius 3 is 2.35 bits per heavy atom. The highest BCUT2D eigenvalue weighted by Crippen LogP contribution is 2.52. The van der Waals surface area contributed by atoms with Gasteiger partial charge in [0, 0.05) is 26.1 Å². The number of ether oxygens (including phenoxy) is 5. The zero-order chi connectivity index (χ0) is 34.2. The molecule has 1 saturated carbocycles. The molecule has 1 radical (unpaired) electrons. The van der Waals surface area contributed by atoms with E-state index in [1.165, 1.54) is 5.57 Å². The summed E-state index contributed by atoms with van der Waals surface area (Å²) in [4.78, 5) is 36.8. The zero-order valence-corrected chi connectivity index (χ0v) is 28.6. The van der Waals surface area contributed by atoms with Gasteiger partial charge in [-0.1, -0.05) is 38.3 Å². The second-order valence-corrected chi connectivity index (χ2v) is 13.0. The van der Waals surface area contributed by atoms with Crippen LogP contribution in [0, 0.1) is 11.8 Å². The first-order chi connectivity index (χ1) is 21.8. The van der Waals surface area contributed by atoms with Gasteiger partial charge in [-0.3, -0.25) is 9.11 Å². The van der Waals surface area contributed by atoms with E-state index in [0.717, 1.165) is 32.1 Å². The quantitative estimate of drug-likeness (QED) is 0.0474. The molecule has 1 spiro atoms. The maximum absolute atomic E-state index is 13.1. The number of unbranched alkanes of at least 4 members (excludes halogenated alkanes) is 3. The largest absolute Gasteiger partial charge is 0.553 e. The monoisotopic (exact) mass is 657 g/mol. The van der Waals surface area contributed by atoms with Crippen LogP contribution in [0.1, 0.15) is 80.1 Å². The fraction of sp³-hybridized carbons (Fsp3) is 0.839. The van der Waals surface area contributed by atoms with Crippen LogP contribution in [0.5, 0.6) is 0 Å². The molecule has 5 atom stereocenters. The number of epoxide rings is 1. The Morgan fingerprint density at radius 1 is 1.09 bits per heavy atom. The van der Waals surface area contributed by atoms with Crippen LogP contribution in [0.15, 0.2) is 11.6 Å². The fourth-order valence-electron chi connectivity index (χ4n) is 5.76. The van der Waals surface area contributed by atoms with Crippen LogP contribution in [0.4, 0.5) is 13.9 Å². The molecule has 2 aliphatic rings. The zero-order valence-electron chi connectivity index (χ0n) is 28.6. The van der Waals surface area contributed by atoms with E-state index in [0.29, 0.717) is 32.7 Å². The summed E-state index contributed by atoms with van der Waals surface area (Å²) in [6.45, 7) is 13.8. The van der Waals surface area contributed by atoms with Crippen molar-refractivity contribution in [3.05, 3.63) is 11.6 Å². The summed E-state index contributed by atoms with van der Waals surface area (Å²) in [6.07, 6.45) is 4.51. The second-order valence-electron chi connectivity index (χ2n) is 13.0. The molecular formula is C31H55BFN4O9. The van der Waals surface area contributed by atoms with Gasteiger partial charge in [0.05, 0.1) is 37.0 Å². The first-order valence-corrected chi connectivity index (χ1v) is 16.2. The minimum atomic E-state index is -0.594. The van der Waals surface area contributed by atoms with Gasteiger partial charge in [-0.2, -0.15) is 0 Å². The van der Waals surface area contributed by atoms with Crippen LogP contribution in [0.25, 0.3) is 0 Å². The number of hydrogen-bond donors (Lipinski definition) is 4. The number of hydrogen-bond acceptors (Lipinski definition) is 10. The lowest BCUT2D eigenvalue weighted by molar-refractivity contribution is -0.172. The number of alkyl carbamates (subject to hydrolysis) is 2. The molecule has 3 amide bonds. The molecule has 1 aliphatic heterocycles. The number of rotatable bonds is 21. The topological polar surface area (TPSA) is 158 Å². The van der Waals surface area contributed by atoms with E-state index < -0.39 is 36.0 Å². The summed E-state index contributed by atoms with van der Waals surface area (Å²) >= 11 is 0. The number of hydroxylamine groups is 1. The van der Waals surface area contributed by atoms with Gasteiger partial charge in [-0.05, 0) is 59.3 Å². The Kier molecular flexibility index (Phi) is 17.3. The number of methoxy groups -OCH3 is 1. The lowest BCUT2D eigenvalue weighted by Crippen LogP contribution is -2.59. The highest BCUT2D eigenvalue weighted by molar-refractivity contribution is 6.16. The predicted molar refractivity (Wildman–Crippen MR) is 170 cm³/mol. The Morgan fingerprint density at radius 2 is 1.76 bits per heavy atom. The third kappa shape index (κ3) is 13.7. The summed E-state index contributed by atoms with van der Waals surface area (Å²) < 4.78 is 45.3. The first-order valence-electron chi connectivity index (χ1n) is 16.2. The predicted octanol–water partition coefficient (Wildman–Crippen LogP) is 3.49. The SMILES string of the molecule is COC1C(OC(=O)N[C@@H](COC(=O)NCCCCCCNC(=O)CNO[B]F)C(C)C)CC[C@]2(CO2)C1C(C)(C)OCC=C(C)C. The Bertz CT molecular complexity index is 980. The van der Waals surface area contributed by atoms with Gasteiger partial charge in [0.25, 0.3) is 0 Å². The van der Waals surface area contributed by atoms with Crippen molar-refractivity contribution in [3.8, 4) is 0 Å². The Labute approximate surface area is 274 Å². The van der Waals surface area contributed by atoms with Crippen molar-refractivity contribution in [1.82, 2.24) is 21.4 Å². The second kappa shape index (κ2) is 20.0. The molecule has 1 heterocycles.